The van der Waals surface area contributed by atoms with Crippen LogP contribution >= 0.6 is 0 Å². The molecule has 1 aromatic carbocycles. The maximum atomic E-state index is 13.3. The molecule has 0 aliphatic heterocycles. The first-order valence-corrected chi connectivity index (χ1v) is 5.26. The predicted molar refractivity (Wildman–Crippen MR) is 59.4 cm³/mol. The van der Waals surface area contributed by atoms with Gasteiger partial charge in [0.05, 0.1) is 6.61 Å². The number of likely N-dealkylation sites (N-methyl/N-ethyl adjacent to an activating group) is 1. The van der Waals surface area contributed by atoms with Crippen molar-refractivity contribution in [2.45, 2.75) is 19.4 Å². The van der Waals surface area contributed by atoms with Crippen LogP contribution in [0.5, 0.6) is 0 Å². The molecule has 15 heavy (non-hydrogen) atoms. The zero-order valence-corrected chi connectivity index (χ0v) is 9.29. The van der Waals surface area contributed by atoms with E-state index in [1.165, 1.54) is 6.07 Å². The highest BCUT2D eigenvalue weighted by atomic mass is 19.1. The fourth-order valence-corrected chi connectivity index (χ4v) is 1.43. The van der Waals surface area contributed by atoms with Crippen LogP contribution in [-0.4, -0.2) is 26.3 Å². The number of ether oxygens (including phenoxy) is 1. The maximum Gasteiger partial charge on any atom is 0.126 e. The molecule has 1 unspecified atom stereocenters. The van der Waals surface area contributed by atoms with Gasteiger partial charge in [-0.1, -0.05) is 18.2 Å². The Kier molecular flexibility index (Phi) is 5.29. The van der Waals surface area contributed by atoms with Crippen LogP contribution in [0.3, 0.4) is 0 Å². The summed E-state index contributed by atoms with van der Waals surface area (Å²) in [5, 5.41) is 3.12. The maximum absolute atomic E-state index is 13.3. The smallest absolute Gasteiger partial charge is 0.126 e. The molecule has 0 heterocycles. The Labute approximate surface area is 90.4 Å². The summed E-state index contributed by atoms with van der Waals surface area (Å²) in [5.41, 5.74) is 0.733. The van der Waals surface area contributed by atoms with Crippen molar-refractivity contribution in [2.24, 2.45) is 0 Å². The normalized spacial score (nSPS) is 12.7. The largest absolute Gasteiger partial charge is 0.380 e. The molecule has 1 N–H and O–H groups in total. The third-order valence-electron chi connectivity index (χ3n) is 2.36. The van der Waals surface area contributed by atoms with Crippen molar-refractivity contribution >= 4 is 0 Å². The average Bonchev–Trinajstić information content (AvgIpc) is 2.26. The number of nitrogens with one attached hydrogen (secondary N) is 1. The minimum absolute atomic E-state index is 0.144. The van der Waals surface area contributed by atoms with Crippen LogP contribution < -0.4 is 5.32 Å². The molecule has 0 bridgehead atoms. The summed E-state index contributed by atoms with van der Waals surface area (Å²) in [6.45, 7) is 3.26. The van der Waals surface area contributed by atoms with E-state index in [0.717, 1.165) is 5.56 Å². The third-order valence-corrected chi connectivity index (χ3v) is 2.36. The Balaban J connectivity index is 2.54. The molecule has 1 rings (SSSR count). The molecule has 0 spiro atoms. The fraction of sp³-hybridized carbons (Fsp3) is 0.500. The zero-order chi connectivity index (χ0) is 11.1. The molecule has 0 saturated carbocycles. The van der Waals surface area contributed by atoms with E-state index in [-0.39, 0.29) is 11.9 Å². The van der Waals surface area contributed by atoms with Gasteiger partial charge in [0, 0.05) is 12.6 Å². The molecule has 0 fully saturated rings. The van der Waals surface area contributed by atoms with Crippen LogP contribution in [0.25, 0.3) is 0 Å². The van der Waals surface area contributed by atoms with Crippen molar-refractivity contribution in [2.75, 3.05) is 20.3 Å². The number of hydrogen-bond acceptors (Lipinski definition) is 2. The quantitative estimate of drug-likeness (QED) is 0.777. The monoisotopic (exact) mass is 211 g/mol. The Bertz CT molecular complexity index is 291. The van der Waals surface area contributed by atoms with Gasteiger partial charge in [0.15, 0.2) is 0 Å². The van der Waals surface area contributed by atoms with E-state index in [0.29, 0.717) is 19.6 Å². The lowest BCUT2D eigenvalue weighted by Gasteiger charge is -2.16. The lowest BCUT2D eigenvalue weighted by molar-refractivity contribution is 0.125. The summed E-state index contributed by atoms with van der Waals surface area (Å²) < 4.78 is 18.7. The van der Waals surface area contributed by atoms with Crippen molar-refractivity contribution in [1.82, 2.24) is 5.32 Å². The van der Waals surface area contributed by atoms with E-state index in [1.54, 1.807) is 6.07 Å². The van der Waals surface area contributed by atoms with E-state index < -0.39 is 0 Å². The second-order valence-corrected chi connectivity index (χ2v) is 3.44. The summed E-state index contributed by atoms with van der Waals surface area (Å²) in [4.78, 5) is 0. The minimum Gasteiger partial charge on any atom is -0.380 e. The van der Waals surface area contributed by atoms with Crippen molar-refractivity contribution in [1.29, 1.82) is 0 Å². The lowest BCUT2D eigenvalue weighted by atomic mass is 10.1. The first-order valence-electron chi connectivity index (χ1n) is 5.26. The van der Waals surface area contributed by atoms with Crippen molar-refractivity contribution in [3.63, 3.8) is 0 Å². The van der Waals surface area contributed by atoms with Crippen LogP contribution in [0.15, 0.2) is 24.3 Å². The summed E-state index contributed by atoms with van der Waals surface area (Å²) in [5.74, 6) is -0.144. The Morgan fingerprint density at radius 1 is 1.40 bits per heavy atom. The standard InChI is InChI=1S/C12H18FNO/c1-3-15-9-11(14-2)8-10-6-4-5-7-12(10)13/h4-7,11,14H,3,8-9H2,1-2H3. The molecule has 0 saturated heterocycles. The first-order chi connectivity index (χ1) is 7.27. The predicted octanol–water partition coefficient (Wildman–Crippen LogP) is 1.99. The number of rotatable bonds is 6. The summed E-state index contributed by atoms with van der Waals surface area (Å²) in [6, 6.07) is 7.03. The topological polar surface area (TPSA) is 21.3 Å². The van der Waals surface area contributed by atoms with Crippen LogP contribution in [0.4, 0.5) is 4.39 Å². The van der Waals surface area contributed by atoms with Gasteiger partial charge in [0.2, 0.25) is 0 Å². The van der Waals surface area contributed by atoms with Gasteiger partial charge < -0.3 is 10.1 Å². The second kappa shape index (κ2) is 6.53. The van der Waals surface area contributed by atoms with E-state index in [9.17, 15) is 4.39 Å². The highest BCUT2D eigenvalue weighted by Gasteiger charge is 2.09. The summed E-state index contributed by atoms with van der Waals surface area (Å²) >= 11 is 0. The van der Waals surface area contributed by atoms with E-state index >= 15 is 0 Å². The molecule has 3 heteroatoms. The molecule has 0 amide bonds. The van der Waals surface area contributed by atoms with Gasteiger partial charge >= 0.3 is 0 Å². The van der Waals surface area contributed by atoms with Crippen molar-refractivity contribution in [3.05, 3.63) is 35.6 Å². The van der Waals surface area contributed by atoms with Gasteiger partial charge in [-0.05, 0) is 32.0 Å². The number of hydrogen-bond donors (Lipinski definition) is 1. The number of halogens is 1. The SMILES string of the molecule is CCOCC(Cc1ccccc1F)NC. The Morgan fingerprint density at radius 3 is 2.73 bits per heavy atom. The van der Waals surface area contributed by atoms with E-state index in [2.05, 4.69) is 5.32 Å². The molecule has 1 atom stereocenters. The average molecular weight is 211 g/mol. The molecule has 84 valence electrons. The Morgan fingerprint density at radius 2 is 2.13 bits per heavy atom. The first kappa shape index (κ1) is 12.1. The molecule has 0 radical (unpaired) electrons. The summed E-state index contributed by atoms with van der Waals surface area (Å²) in [7, 11) is 1.87. The van der Waals surface area contributed by atoms with Crippen molar-refractivity contribution in [3.8, 4) is 0 Å². The van der Waals surface area contributed by atoms with Gasteiger partial charge in [0.1, 0.15) is 5.82 Å². The van der Waals surface area contributed by atoms with Crippen LogP contribution in [0, 0.1) is 5.82 Å². The van der Waals surface area contributed by atoms with E-state index in [4.69, 9.17) is 4.74 Å². The van der Waals surface area contributed by atoms with Gasteiger partial charge in [-0.15, -0.1) is 0 Å². The molecular weight excluding hydrogens is 193 g/mol. The third kappa shape index (κ3) is 3.98. The summed E-state index contributed by atoms with van der Waals surface area (Å²) in [6.07, 6.45) is 0.656. The van der Waals surface area contributed by atoms with Gasteiger partial charge in [-0.3, -0.25) is 0 Å². The lowest BCUT2D eigenvalue weighted by Crippen LogP contribution is -2.32. The number of benzene rings is 1. The van der Waals surface area contributed by atoms with Gasteiger partial charge in [-0.25, -0.2) is 4.39 Å². The molecule has 0 aliphatic rings. The Hall–Kier alpha value is -0.930. The molecule has 0 aromatic heterocycles. The highest BCUT2D eigenvalue weighted by Crippen LogP contribution is 2.09. The molecule has 1 aromatic rings. The fourth-order valence-electron chi connectivity index (χ4n) is 1.43. The molecular formula is C12H18FNO. The van der Waals surface area contributed by atoms with E-state index in [1.807, 2.05) is 26.1 Å². The van der Waals surface area contributed by atoms with Gasteiger partial charge in [0.25, 0.3) is 0 Å². The van der Waals surface area contributed by atoms with Crippen molar-refractivity contribution < 1.29 is 9.13 Å². The molecule has 2 nitrogen and oxygen atoms in total. The van der Waals surface area contributed by atoms with Crippen LogP contribution in [0.1, 0.15) is 12.5 Å². The second-order valence-electron chi connectivity index (χ2n) is 3.44. The highest BCUT2D eigenvalue weighted by molar-refractivity contribution is 5.18. The van der Waals surface area contributed by atoms with Crippen LogP contribution in [0.2, 0.25) is 0 Å². The van der Waals surface area contributed by atoms with Gasteiger partial charge in [-0.2, -0.15) is 0 Å². The molecule has 0 aliphatic carbocycles. The minimum atomic E-state index is -0.144. The van der Waals surface area contributed by atoms with Crippen LogP contribution in [-0.2, 0) is 11.2 Å². The zero-order valence-electron chi connectivity index (χ0n) is 9.29.